The Morgan fingerprint density at radius 3 is 1.16 bits per heavy atom. The summed E-state index contributed by atoms with van der Waals surface area (Å²) >= 11 is 3.77. The predicted octanol–water partition coefficient (Wildman–Crippen LogP) is 8.72. The molecule has 0 heterocycles. The number of rotatable bonds is 8. The maximum Gasteiger partial charge on any atom is 0.142 e. The maximum absolute atomic E-state index is 11.7. The van der Waals surface area contributed by atoms with Crippen LogP contribution < -0.4 is 10.4 Å². The zero-order valence-corrected chi connectivity index (χ0v) is 28.1. The lowest BCUT2D eigenvalue weighted by atomic mass is 10.00. The molecule has 0 amide bonds. The lowest BCUT2D eigenvalue weighted by Gasteiger charge is -2.42. The quantitative estimate of drug-likeness (QED) is 0.217. The summed E-state index contributed by atoms with van der Waals surface area (Å²) in [6.07, 6.45) is 0. The highest BCUT2D eigenvalue weighted by molar-refractivity contribution is 8.02. The first-order valence-corrected chi connectivity index (χ1v) is 21.2. The first kappa shape index (κ1) is 30.1. The van der Waals surface area contributed by atoms with E-state index in [2.05, 4.69) is 147 Å². The van der Waals surface area contributed by atoms with Gasteiger partial charge in [-0.3, -0.25) is 0 Å². The van der Waals surface area contributed by atoms with Gasteiger partial charge in [-0.05, 0) is 23.0 Å². The molecule has 0 spiro atoms. The Bertz CT molecular complexity index is 1070. The summed E-state index contributed by atoms with van der Waals surface area (Å²) in [5.74, 6) is 0.455. The lowest BCUT2D eigenvalue weighted by Crippen LogP contribution is -2.56. The van der Waals surface area contributed by atoms with Gasteiger partial charge in [0.2, 0.25) is 0 Å². The summed E-state index contributed by atoms with van der Waals surface area (Å²) < 4.78 is 0. The second-order valence-electron chi connectivity index (χ2n) is 13.5. The molecule has 0 saturated carbocycles. The van der Waals surface area contributed by atoms with Gasteiger partial charge in [0.15, 0.2) is 0 Å². The Labute approximate surface area is 236 Å². The number of para-hydroxylation sites is 1. The first-order valence-electron chi connectivity index (χ1n) is 13.3. The average molecular weight is 567 g/mol. The van der Waals surface area contributed by atoms with E-state index < -0.39 is 16.1 Å². The summed E-state index contributed by atoms with van der Waals surface area (Å²) in [6.45, 7) is 24.0. The number of phenols is 1. The van der Waals surface area contributed by atoms with Crippen LogP contribution in [0.2, 0.25) is 26.2 Å². The van der Waals surface area contributed by atoms with Crippen molar-refractivity contribution in [2.75, 3.05) is 0 Å². The van der Waals surface area contributed by atoms with Crippen molar-refractivity contribution in [3.8, 4) is 5.75 Å². The number of aromatic hydroxyl groups is 1. The monoisotopic (exact) mass is 566 g/mol. The molecule has 200 valence electrons. The molecule has 0 fully saturated rings. The molecule has 2 atom stereocenters. The van der Waals surface area contributed by atoms with Gasteiger partial charge in [-0.25, -0.2) is 0 Å². The average Bonchev–Trinajstić information content (AvgIpc) is 2.82. The zero-order valence-electron chi connectivity index (χ0n) is 24.4. The molecule has 0 aliphatic carbocycles. The summed E-state index contributed by atoms with van der Waals surface area (Å²) in [5.41, 5.74) is 0.198. The molecule has 3 rings (SSSR count). The summed E-state index contributed by atoms with van der Waals surface area (Å²) in [4.78, 5) is 2.82. The minimum Gasteiger partial charge on any atom is -0.506 e. The maximum atomic E-state index is 11.7. The van der Waals surface area contributed by atoms with Gasteiger partial charge < -0.3 is 5.11 Å². The topological polar surface area (TPSA) is 20.2 Å². The van der Waals surface area contributed by atoms with Crippen LogP contribution in [-0.4, -0.2) is 31.0 Å². The number of hydrogen-bond donors (Lipinski definition) is 1. The molecule has 1 nitrogen and oxygen atoms in total. The van der Waals surface area contributed by atoms with E-state index in [1.807, 2.05) is 23.5 Å². The Hall–Kier alpha value is -1.41. The van der Waals surface area contributed by atoms with Crippen molar-refractivity contribution in [2.45, 2.75) is 87.3 Å². The molecular formula is C32H46OS2Si2. The fourth-order valence-electron chi connectivity index (χ4n) is 5.80. The van der Waals surface area contributed by atoms with Crippen LogP contribution in [0.4, 0.5) is 0 Å². The molecule has 0 aliphatic rings. The highest BCUT2D eigenvalue weighted by atomic mass is 32.2. The minimum atomic E-state index is -1.85. The van der Waals surface area contributed by atoms with E-state index in [1.165, 1.54) is 10.4 Å². The van der Waals surface area contributed by atoms with E-state index in [0.717, 1.165) is 9.79 Å². The van der Waals surface area contributed by atoms with E-state index in [0.29, 0.717) is 15.5 Å². The molecule has 0 radical (unpaired) electrons. The van der Waals surface area contributed by atoms with Crippen molar-refractivity contribution in [1.82, 2.24) is 0 Å². The largest absolute Gasteiger partial charge is 0.506 e. The van der Waals surface area contributed by atoms with Crippen LogP contribution >= 0.6 is 23.5 Å². The van der Waals surface area contributed by atoms with E-state index in [1.54, 1.807) is 0 Å². The third kappa shape index (κ3) is 6.97. The van der Waals surface area contributed by atoms with Crippen LogP contribution in [0.25, 0.3) is 0 Å². The third-order valence-electron chi connectivity index (χ3n) is 7.37. The Morgan fingerprint density at radius 1 is 0.541 bits per heavy atom. The van der Waals surface area contributed by atoms with Crippen molar-refractivity contribution >= 4 is 50.0 Å². The van der Waals surface area contributed by atoms with Crippen molar-refractivity contribution < 1.29 is 5.11 Å². The molecule has 2 unspecified atom stereocenters. The molecule has 3 aromatic carbocycles. The summed E-state index contributed by atoms with van der Waals surface area (Å²) in [5, 5.41) is 14.6. The van der Waals surface area contributed by atoms with Gasteiger partial charge in [-0.2, -0.15) is 0 Å². The van der Waals surface area contributed by atoms with Crippen LogP contribution in [0, 0.1) is 10.8 Å². The van der Waals surface area contributed by atoms with Crippen molar-refractivity contribution in [1.29, 1.82) is 0 Å². The summed E-state index contributed by atoms with van der Waals surface area (Å²) in [6, 6.07) is 28.4. The molecule has 0 bridgehead atoms. The Balaban J connectivity index is 1.99. The lowest BCUT2D eigenvalue weighted by molar-refractivity contribution is 0.438. The highest BCUT2D eigenvalue weighted by Gasteiger charge is 2.44. The van der Waals surface area contributed by atoms with Crippen LogP contribution in [0.5, 0.6) is 5.75 Å². The number of hydrogen-bond acceptors (Lipinski definition) is 3. The van der Waals surface area contributed by atoms with E-state index in [-0.39, 0.29) is 10.8 Å². The van der Waals surface area contributed by atoms with E-state index in [9.17, 15) is 5.11 Å². The number of phenolic OH excluding ortho intramolecular Hbond substituents is 1. The first-order chi connectivity index (χ1) is 17.1. The standard InChI is InChI=1S/C32H46OS2Si2/c1-31(2,3)29(36(7,8)24-18-13-11-14-19-24)34-26-22-17-23-27(28(26)33)35-30(32(4,5)6)37(9,10)25-20-15-12-16-21-25/h11-23,29-30,33H,1-10H3. The SMILES string of the molecule is CC(C)(C)C(Sc1cccc(SC(C(C)(C)C)[Si](C)(C)c2ccccc2)c1O)[Si](C)(C)c1ccccc1. The van der Waals surface area contributed by atoms with Crippen LogP contribution in [-0.2, 0) is 0 Å². The third-order valence-corrected chi connectivity index (χ3v) is 22.7. The van der Waals surface area contributed by atoms with Gasteiger partial charge in [0, 0.05) is 9.75 Å². The highest BCUT2D eigenvalue weighted by Crippen LogP contribution is 2.49. The van der Waals surface area contributed by atoms with Gasteiger partial charge in [0.25, 0.3) is 0 Å². The van der Waals surface area contributed by atoms with Crippen molar-refractivity contribution in [3.63, 3.8) is 0 Å². The van der Waals surface area contributed by atoms with E-state index >= 15 is 0 Å². The molecule has 0 aliphatic heterocycles. The molecule has 0 aromatic heterocycles. The molecule has 0 saturated heterocycles. The van der Waals surface area contributed by atoms with Crippen LogP contribution in [0.1, 0.15) is 41.5 Å². The van der Waals surface area contributed by atoms with Gasteiger partial charge in [0.05, 0.1) is 25.9 Å². The zero-order chi connectivity index (χ0) is 27.6. The summed E-state index contributed by atoms with van der Waals surface area (Å²) in [7, 11) is -3.70. The van der Waals surface area contributed by atoms with Crippen LogP contribution in [0.3, 0.4) is 0 Å². The fourth-order valence-corrected chi connectivity index (χ4v) is 18.8. The number of thioether (sulfide) groups is 2. The second kappa shape index (κ2) is 11.4. The predicted molar refractivity (Wildman–Crippen MR) is 173 cm³/mol. The molecule has 3 aromatic rings. The van der Waals surface area contributed by atoms with Crippen molar-refractivity contribution in [3.05, 3.63) is 78.9 Å². The van der Waals surface area contributed by atoms with Gasteiger partial charge in [0.1, 0.15) is 5.75 Å². The Kier molecular flexibility index (Phi) is 9.26. The number of benzene rings is 3. The molecular weight excluding hydrogens is 521 g/mol. The van der Waals surface area contributed by atoms with Gasteiger partial charge in [-0.15, -0.1) is 23.5 Å². The second-order valence-corrected chi connectivity index (χ2v) is 25.8. The smallest absolute Gasteiger partial charge is 0.142 e. The Morgan fingerprint density at radius 2 is 0.865 bits per heavy atom. The van der Waals surface area contributed by atoms with E-state index in [4.69, 9.17) is 0 Å². The fraction of sp³-hybridized carbons (Fsp3) is 0.438. The van der Waals surface area contributed by atoms with Gasteiger partial charge in [-0.1, -0.05) is 145 Å². The normalized spacial score (nSPS) is 14.9. The molecule has 5 heteroatoms. The minimum absolute atomic E-state index is 0.0992. The van der Waals surface area contributed by atoms with Gasteiger partial charge >= 0.3 is 0 Å². The van der Waals surface area contributed by atoms with Crippen molar-refractivity contribution in [2.24, 2.45) is 10.8 Å². The molecule has 1 N–H and O–H groups in total. The van der Waals surface area contributed by atoms with Crippen LogP contribution in [0.15, 0.2) is 88.7 Å². The molecule has 37 heavy (non-hydrogen) atoms.